The molecule has 0 aliphatic rings. The van der Waals surface area contributed by atoms with Crippen LogP contribution < -0.4 is 14.8 Å². The third kappa shape index (κ3) is 2.91. The highest BCUT2D eigenvalue weighted by Crippen LogP contribution is 2.30. The molecule has 0 bridgehead atoms. The molecule has 1 N–H and O–H groups in total. The number of rotatable bonds is 5. The first-order valence-corrected chi connectivity index (χ1v) is 5.85. The number of methoxy groups -OCH3 is 1. The second kappa shape index (κ2) is 5.91. The van der Waals surface area contributed by atoms with Crippen LogP contribution >= 0.6 is 0 Å². The Hall–Kier alpha value is -2.23. The van der Waals surface area contributed by atoms with Crippen molar-refractivity contribution in [1.29, 1.82) is 0 Å². The van der Waals surface area contributed by atoms with Crippen LogP contribution in [0.25, 0.3) is 0 Å². The lowest BCUT2D eigenvalue weighted by Crippen LogP contribution is -1.99. The van der Waals surface area contributed by atoms with Gasteiger partial charge < -0.3 is 14.8 Å². The van der Waals surface area contributed by atoms with Gasteiger partial charge in [-0.2, -0.15) is 4.98 Å². The summed E-state index contributed by atoms with van der Waals surface area (Å²) in [5, 5.41) is 3.14. The number of para-hydroxylation sites is 2. The maximum absolute atomic E-state index is 5.71. The number of ether oxygens (including phenoxy) is 2. The minimum Gasteiger partial charge on any atom is -0.493 e. The summed E-state index contributed by atoms with van der Waals surface area (Å²) < 4.78 is 10.9. The minimum absolute atomic E-state index is 0.540. The van der Waals surface area contributed by atoms with Gasteiger partial charge in [-0.3, -0.25) is 0 Å². The first-order chi connectivity index (χ1) is 8.83. The Labute approximate surface area is 107 Å². The van der Waals surface area contributed by atoms with Crippen LogP contribution in [-0.4, -0.2) is 18.6 Å². The van der Waals surface area contributed by atoms with Gasteiger partial charge in [0.05, 0.1) is 7.11 Å². The molecule has 0 atom stereocenters. The Morgan fingerprint density at radius 1 is 1.06 bits per heavy atom. The van der Waals surface area contributed by atoms with E-state index in [1.54, 1.807) is 7.11 Å². The smallest absolute Gasteiger partial charge is 0.221 e. The lowest BCUT2D eigenvalue weighted by atomic mass is 10.3. The molecule has 0 amide bonds. The zero-order chi connectivity index (χ0) is 12.8. The van der Waals surface area contributed by atoms with Gasteiger partial charge in [0, 0.05) is 12.6 Å². The van der Waals surface area contributed by atoms with Crippen molar-refractivity contribution in [2.24, 2.45) is 0 Å². The minimum atomic E-state index is 0.540. The van der Waals surface area contributed by atoms with E-state index in [1.807, 2.05) is 49.4 Å². The molecule has 0 saturated heterocycles. The van der Waals surface area contributed by atoms with Crippen LogP contribution in [0.1, 0.15) is 6.92 Å². The first kappa shape index (κ1) is 12.2. The summed E-state index contributed by atoms with van der Waals surface area (Å²) >= 11 is 0. The Kier molecular flexibility index (Phi) is 4.02. The standard InChI is InChI=1S/C14H16N2O2/c1-3-15-13-9-6-10-14(16-13)18-12-8-5-4-7-11(12)17-2/h4-10H,3H2,1-2H3,(H,15,16). The summed E-state index contributed by atoms with van der Waals surface area (Å²) in [6, 6.07) is 13.1. The largest absolute Gasteiger partial charge is 0.493 e. The average molecular weight is 244 g/mol. The zero-order valence-electron chi connectivity index (χ0n) is 10.5. The molecule has 0 aliphatic heterocycles. The molecule has 2 aromatic rings. The SMILES string of the molecule is CCNc1cccc(Oc2ccccc2OC)n1. The van der Waals surface area contributed by atoms with Crippen molar-refractivity contribution in [3.05, 3.63) is 42.5 Å². The highest BCUT2D eigenvalue weighted by Gasteiger charge is 2.05. The summed E-state index contributed by atoms with van der Waals surface area (Å²) in [5.74, 6) is 2.68. The van der Waals surface area contributed by atoms with E-state index < -0.39 is 0 Å². The highest BCUT2D eigenvalue weighted by molar-refractivity contribution is 5.43. The molecule has 94 valence electrons. The van der Waals surface area contributed by atoms with Crippen LogP contribution in [0.2, 0.25) is 0 Å². The van der Waals surface area contributed by atoms with Gasteiger partial charge in [-0.25, -0.2) is 0 Å². The predicted molar refractivity (Wildman–Crippen MR) is 71.5 cm³/mol. The van der Waals surface area contributed by atoms with E-state index in [2.05, 4.69) is 10.3 Å². The van der Waals surface area contributed by atoms with E-state index in [0.29, 0.717) is 17.4 Å². The van der Waals surface area contributed by atoms with Gasteiger partial charge in [0.2, 0.25) is 5.88 Å². The third-order valence-corrected chi connectivity index (χ3v) is 2.37. The van der Waals surface area contributed by atoms with Crippen LogP contribution in [0.5, 0.6) is 17.4 Å². The molecule has 0 fully saturated rings. The third-order valence-electron chi connectivity index (χ3n) is 2.37. The Morgan fingerprint density at radius 3 is 2.56 bits per heavy atom. The van der Waals surface area contributed by atoms with Crippen LogP contribution in [0.3, 0.4) is 0 Å². The van der Waals surface area contributed by atoms with E-state index in [9.17, 15) is 0 Å². The van der Waals surface area contributed by atoms with Gasteiger partial charge in [0.25, 0.3) is 0 Å². The summed E-state index contributed by atoms with van der Waals surface area (Å²) in [6.45, 7) is 2.85. The molecule has 1 aromatic carbocycles. The number of nitrogens with one attached hydrogen (secondary N) is 1. The number of aromatic nitrogens is 1. The number of pyridine rings is 1. The van der Waals surface area contributed by atoms with Crippen molar-refractivity contribution in [2.45, 2.75) is 6.92 Å². The zero-order valence-corrected chi connectivity index (χ0v) is 10.5. The fourth-order valence-corrected chi connectivity index (χ4v) is 1.57. The van der Waals surface area contributed by atoms with E-state index in [0.717, 1.165) is 12.4 Å². The molecule has 0 aliphatic carbocycles. The van der Waals surface area contributed by atoms with Gasteiger partial charge in [-0.1, -0.05) is 18.2 Å². The molecule has 1 heterocycles. The van der Waals surface area contributed by atoms with Crippen LogP contribution in [0, 0.1) is 0 Å². The van der Waals surface area contributed by atoms with Crippen LogP contribution in [0.4, 0.5) is 5.82 Å². The quantitative estimate of drug-likeness (QED) is 0.876. The Morgan fingerprint density at radius 2 is 1.83 bits per heavy atom. The molecule has 4 nitrogen and oxygen atoms in total. The normalized spacial score (nSPS) is 9.89. The van der Waals surface area contributed by atoms with Crippen molar-refractivity contribution in [3.63, 3.8) is 0 Å². The molecule has 18 heavy (non-hydrogen) atoms. The highest BCUT2D eigenvalue weighted by atomic mass is 16.5. The van der Waals surface area contributed by atoms with Gasteiger partial charge >= 0.3 is 0 Å². The summed E-state index contributed by atoms with van der Waals surface area (Å²) in [6.07, 6.45) is 0. The lowest BCUT2D eigenvalue weighted by molar-refractivity contribution is 0.374. The number of benzene rings is 1. The average Bonchev–Trinajstić information content (AvgIpc) is 2.40. The fraction of sp³-hybridized carbons (Fsp3) is 0.214. The van der Waals surface area contributed by atoms with Crippen molar-refractivity contribution in [1.82, 2.24) is 4.98 Å². The number of nitrogens with zero attached hydrogens (tertiary/aromatic N) is 1. The fourth-order valence-electron chi connectivity index (χ4n) is 1.57. The maximum atomic E-state index is 5.71. The molecule has 0 saturated carbocycles. The van der Waals surface area contributed by atoms with Crippen LogP contribution in [-0.2, 0) is 0 Å². The van der Waals surface area contributed by atoms with E-state index in [1.165, 1.54) is 0 Å². The van der Waals surface area contributed by atoms with Gasteiger partial charge in [-0.15, -0.1) is 0 Å². The first-order valence-electron chi connectivity index (χ1n) is 5.85. The van der Waals surface area contributed by atoms with Gasteiger partial charge in [0.15, 0.2) is 11.5 Å². The molecule has 1 aromatic heterocycles. The molecule has 0 unspecified atom stereocenters. The predicted octanol–water partition coefficient (Wildman–Crippen LogP) is 3.31. The molecule has 4 heteroatoms. The van der Waals surface area contributed by atoms with Crippen molar-refractivity contribution >= 4 is 5.82 Å². The molecular formula is C14H16N2O2. The van der Waals surface area contributed by atoms with Crippen molar-refractivity contribution < 1.29 is 9.47 Å². The lowest BCUT2D eigenvalue weighted by Gasteiger charge is -2.10. The molecule has 0 spiro atoms. The Bertz CT molecular complexity index is 515. The molecule has 0 radical (unpaired) electrons. The monoisotopic (exact) mass is 244 g/mol. The van der Waals surface area contributed by atoms with E-state index in [4.69, 9.17) is 9.47 Å². The van der Waals surface area contributed by atoms with Gasteiger partial charge in [0.1, 0.15) is 5.82 Å². The number of anilines is 1. The second-order valence-electron chi connectivity index (χ2n) is 3.64. The Balaban J connectivity index is 2.20. The second-order valence-corrected chi connectivity index (χ2v) is 3.64. The van der Waals surface area contributed by atoms with Crippen molar-refractivity contribution in [3.8, 4) is 17.4 Å². The van der Waals surface area contributed by atoms with Crippen molar-refractivity contribution in [2.75, 3.05) is 19.0 Å². The number of hydrogen-bond acceptors (Lipinski definition) is 4. The van der Waals surface area contributed by atoms with Gasteiger partial charge in [-0.05, 0) is 25.1 Å². The maximum Gasteiger partial charge on any atom is 0.221 e. The summed E-state index contributed by atoms with van der Waals surface area (Å²) in [5.41, 5.74) is 0. The van der Waals surface area contributed by atoms with Crippen LogP contribution in [0.15, 0.2) is 42.5 Å². The molecule has 2 rings (SSSR count). The summed E-state index contributed by atoms with van der Waals surface area (Å²) in [4.78, 5) is 4.34. The molecular weight excluding hydrogens is 228 g/mol. The van der Waals surface area contributed by atoms with E-state index in [-0.39, 0.29) is 0 Å². The topological polar surface area (TPSA) is 43.4 Å². The van der Waals surface area contributed by atoms with E-state index >= 15 is 0 Å². The number of hydrogen-bond donors (Lipinski definition) is 1. The summed E-state index contributed by atoms with van der Waals surface area (Å²) in [7, 11) is 1.62.